The van der Waals surface area contributed by atoms with E-state index in [0.29, 0.717) is 0 Å². The Bertz CT molecular complexity index is 399. The van der Waals surface area contributed by atoms with Gasteiger partial charge >= 0.3 is 0 Å². The Morgan fingerprint density at radius 3 is 2.95 bits per heavy atom. The normalized spacial score (nSPS) is 12.1. The Balaban J connectivity index is 2.40. The molecule has 0 spiro atoms. The van der Waals surface area contributed by atoms with Crippen LogP contribution in [0.4, 0.5) is 0 Å². The number of thioether (sulfide) groups is 1. The van der Waals surface area contributed by atoms with E-state index in [4.69, 9.17) is 10.5 Å². The molecule has 1 aromatic rings. The molecule has 1 atom stereocenters. The van der Waals surface area contributed by atoms with E-state index in [1.54, 1.807) is 18.9 Å². The number of ether oxygens (including phenoxy) is 1. The number of hydrogen-bond acceptors (Lipinski definition) is 4. The highest BCUT2D eigenvalue weighted by molar-refractivity contribution is 7.99. The summed E-state index contributed by atoms with van der Waals surface area (Å²) in [4.78, 5) is 12.4. The molecular formula is C14H22N2O2S. The van der Waals surface area contributed by atoms with Crippen LogP contribution in [-0.2, 0) is 4.79 Å². The Kier molecular flexibility index (Phi) is 7.36. The van der Waals surface area contributed by atoms with Crippen molar-refractivity contribution < 1.29 is 9.53 Å². The number of nitrogens with two attached hydrogens (primary N) is 1. The monoisotopic (exact) mass is 282 g/mol. The van der Waals surface area contributed by atoms with Gasteiger partial charge in [-0.25, -0.2) is 0 Å². The highest BCUT2D eigenvalue weighted by Crippen LogP contribution is 2.23. The fourth-order valence-corrected chi connectivity index (χ4v) is 2.61. The maximum atomic E-state index is 11.3. The summed E-state index contributed by atoms with van der Waals surface area (Å²) in [5.41, 5.74) is 5.37. The van der Waals surface area contributed by atoms with Crippen LogP contribution in [0.3, 0.4) is 0 Å². The average molecular weight is 282 g/mol. The second-order valence-electron chi connectivity index (χ2n) is 4.23. The summed E-state index contributed by atoms with van der Waals surface area (Å²) < 4.78 is 5.17. The zero-order valence-corrected chi connectivity index (χ0v) is 12.3. The van der Waals surface area contributed by atoms with Crippen LogP contribution < -0.4 is 15.8 Å². The Labute approximate surface area is 119 Å². The lowest BCUT2D eigenvalue weighted by molar-refractivity contribution is -0.120. The van der Waals surface area contributed by atoms with Gasteiger partial charge in [-0.15, -0.1) is 11.8 Å². The number of carbonyl (C=O) groups is 1. The zero-order valence-electron chi connectivity index (χ0n) is 11.5. The molecule has 0 aliphatic heterocycles. The van der Waals surface area contributed by atoms with E-state index in [-0.39, 0.29) is 11.9 Å². The molecule has 4 nitrogen and oxygen atoms in total. The molecule has 5 heteroatoms. The first-order valence-corrected chi connectivity index (χ1v) is 7.45. The summed E-state index contributed by atoms with van der Waals surface area (Å²) in [5.74, 6) is 1.41. The summed E-state index contributed by atoms with van der Waals surface area (Å²) in [6.07, 6.45) is 1.73. The number of hydrogen-bond donors (Lipinski definition) is 2. The van der Waals surface area contributed by atoms with Crippen molar-refractivity contribution >= 4 is 17.7 Å². The number of primary amides is 1. The highest BCUT2D eigenvalue weighted by atomic mass is 32.2. The molecule has 0 bridgehead atoms. The van der Waals surface area contributed by atoms with E-state index in [1.165, 1.54) is 0 Å². The molecule has 0 saturated heterocycles. The lowest BCUT2D eigenvalue weighted by Crippen LogP contribution is -2.41. The number of benzene rings is 1. The second kappa shape index (κ2) is 8.82. The largest absolute Gasteiger partial charge is 0.497 e. The zero-order chi connectivity index (χ0) is 14.1. The molecule has 3 N–H and O–H groups in total. The predicted molar refractivity (Wildman–Crippen MR) is 79.6 cm³/mol. The van der Waals surface area contributed by atoms with Crippen LogP contribution in [0.2, 0.25) is 0 Å². The van der Waals surface area contributed by atoms with Crippen LogP contribution in [0.15, 0.2) is 29.2 Å². The molecular weight excluding hydrogens is 260 g/mol. The smallest absolute Gasteiger partial charge is 0.234 e. The summed E-state index contributed by atoms with van der Waals surface area (Å²) in [5, 5.41) is 3.17. The molecule has 1 aromatic carbocycles. The van der Waals surface area contributed by atoms with Gasteiger partial charge in [0.2, 0.25) is 5.91 Å². The van der Waals surface area contributed by atoms with Crippen molar-refractivity contribution in [2.75, 3.05) is 19.4 Å². The third kappa shape index (κ3) is 5.98. The molecule has 0 aliphatic carbocycles. The van der Waals surface area contributed by atoms with Crippen LogP contribution in [0.5, 0.6) is 5.75 Å². The molecule has 19 heavy (non-hydrogen) atoms. The standard InChI is InChI=1S/C14H22N2O2S/c1-3-8-16-13(14(15)17)7-9-19-12-6-4-5-11(10-12)18-2/h4-6,10,13,16H,3,7-9H2,1-2H3,(H2,15,17). The van der Waals surface area contributed by atoms with Crippen LogP contribution in [0.1, 0.15) is 19.8 Å². The summed E-state index contributed by atoms with van der Waals surface area (Å²) in [7, 11) is 1.65. The number of rotatable bonds is 9. The Morgan fingerprint density at radius 1 is 1.53 bits per heavy atom. The van der Waals surface area contributed by atoms with Gasteiger partial charge in [0, 0.05) is 4.90 Å². The minimum atomic E-state index is -0.278. The van der Waals surface area contributed by atoms with Gasteiger partial charge in [0.05, 0.1) is 13.2 Å². The van der Waals surface area contributed by atoms with Gasteiger partial charge in [0.25, 0.3) is 0 Å². The van der Waals surface area contributed by atoms with Gasteiger partial charge in [-0.3, -0.25) is 4.79 Å². The molecule has 1 amide bonds. The Hall–Kier alpha value is -1.20. The van der Waals surface area contributed by atoms with E-state index in [0.717, 1.165) is 35.8 Å². The van der Waals surface area contributed by atoms with E-state index in [1.807, 2.05) is 24.3 Å². The van der Waals surface area contributed by atoms with E-state index < -0.39 is 0 Å². The molecule has 0 saturated carbocycles. The van der Waals surface area contributed by atoms with Gasteiger partial charge in [0.15, 0.2) is 0 Å². The molecule has 0 aromatic heterocycles. The highest BCUT2D eigenvalue weighted by Gasteiger charge is 2.13. The van der Waals surface area contributed by atoms with Crippen molar-refractivity contribution in [3.63, 3.8) is 0 Å². The Morgan fingerprint density at radius 2 is 2.32 bits per heavy atom. The van der Waals surface area contributed by atoms with Crippen LogP contribution in [0, 0.1) is 0 Å². The molecule has 0 heterocycles. The molecule has 0 aliphatic rings. The fourth-order valence-electron chi connectivity index (χ4n) is 1.65. The lowest BCUT2D eigenvalue weighted by atomic mass is 10.2. The quantitative estimate of drug-likeness (QED) is 0.680. The third-order valence-electron chi connectivity index (χ3n) is 2.70. The van der Waals surface area contributed by atoms with Crippen molar-refractivity contribution in [1.29, 1.82) is 0 Å². The maximum absolute atomic E-state index is 11.3. The van der Waals surface area contributed by atoms with Crippen LogP contribution >= 0.6 is 11.8 Å². The number of amides is 1. The predicted octanol–water partition coefficient (Wildman–Crippen LogP) is 2.03. The number of methoxy groups -OCH3 is 1. The van der Waals surface area contributed by atoms with Crippen molar-refractivity contribution in [2.45, 2.75) is 30.7 Å². The van der Waals surface area contributed by atoms with Crippen LogP contribution in [-0.4, -0.2) is 31.4 Å². The third-order valence-corrected chi connectivity index (χ3v) is 3.73. The van der Waals surface area contributed by atoms with E-state index >= 15 is 0 Å². The first kappa shape index (κ1) is 15.9. The summed E-state index contributed by atoms with van der Waals surface area (Å²) in [6, 6.07) is 7.66. The fraction of sp³-hybridized carbons (Fsp3) is 0.500. The molecule has 1 rings (SSSR count). The SMILES string of the molecule is CCCNC(CCSc1cccc(OC)c1)C(N)=O. The minimum absolute atomic E-state index is 0.238. The molecule has 1 unspecified atom stereocenters. The van der Waals surface area contributed by atoms with Gasteiger partial charge in [0.1, 0.15) is 5.75 Å². The van der Waals surface area contributed by atoms with Crippen molar-refractivity contribution in [3.8, 4) is 5.75 Å². The van der Waals surface area contributed by atoms with Crippen molar-refractivity contribution in [3.05, 3.63) is 24.3 Å². The van der Waals surface area contributed by atoms with Crippen LogP contribution in [0.25, 0.3) is 0 Å². The van der Waals surface area contributed by atoms with Crippen molar-refractivity contribution in [1.82, 2.24) is 5.32 Å². The lowest BCUT2D eigenvalue weighted by Gasteiger charge is -2.14. The first-order chi connectivity index (χ1) is 9.17. The first-order valence-electron chi connectivity index (χ1n) is 6.47. The molecule has 106 valence electrons. The summed E-state index contributed by atoms with van der Waals surface area (Å²) >= 11 is 1.70. The molecule has 0 radical (unpaired) electrons. The minimum Gasteiger partial charge on any atom is -0.497 e. The average Bonchev–Trinajstić information content (AvgIpc) is 2.42. The molecule has 0 fully saturated rings. The summed E-state index contributed by atoms with van der Waals surface area (Å²) in [6.45, 7) is 2.88. The second-order valence-corrected chi connectivity index (χ2v) is 5.39. The van der Waals surface area contributed by atoms with Crippen molar-refractivity contribution in [2.24, 2.45) is 5.73 Å². The van der Waals surface area contributed by atoms with Gasteiger partial charge in [-0.1, -0.05) is 13.0 Å². The van der Waals surface area contributed by atoms with Gasteiger partial charge in [-0.05, 0) is 43.3 Å². The van der Waals surface area contributed by atoms with Gasteiger partial charge in [-0.2, -0.15) is 0 Å². The van der Waals surface area contributed by atoms with E-state index in [2.05, 4.69) is 12.2 Å². The number of carbonyl (C=O) groups excluding carboxylic acids is 1. The topological polar surface area (TPSA) is 64.3 Å². The van der Waals surface area contributed by atoms with Gasteiger partial charge < -0.3 is 15.8 Å². The number of nitrogens with one attached hydrogen (secondary N) is 1. The maximum Gasteiger partial charge on any atom is 0.234 e. The van der Waals surface area contributed by atoms with E-state index in [9.17, 15) is 4.79 Å².